The average Bonchev–Trinajstić information content (AvgIpc) is 2.10. The Morgan fingerprint density at radius 3 is 2.70 bits per heavy atom. The number of carbonyl (C=O) groups excluding carboxylic acids is 1. The maximum absolute atomic E-state index is 10.5. The van der Waals surface area contributed by atoms with E-state index in [2.05, 4.69) is 21.0 Å². The van der Waals surface area contributed by atoms with Crippen LogP contribution in [0.3, 0.4) is 0 Å². The third-order valence-electron chi connectivity index (χ3n) is 0.970. The van der Waals surface area contributed by atoms with Crippen LogP contribution in [-0.4, -0.2) is 15.0 Å². The third kappa shape index (κ3) is 1.38. The van der Waals surface area contributed by atoms with E-state index in [1.54, 1.807) is 13.2 Å². The lowest BCUT2D eigenvalue weighted by molar-refractivity contribution is 0.107. The summed E-state index contributed by atoms with van der Waals surface area (Å²) in [6.07, 6.45) is 1.66. The second-order valence-electron chi connectivity index (χ2n) is 1.77. The normalized spacial score (nSPS) is 9.90. The summed E-state index contributed by atoms with van der Waals surface area (Å²) >= 11 is 8.31. The lowest BCUT2D eigenvalue weighted by Crippen LogP contribution is -1.93. The molecule has 3 nitrogen and oxygen atoms in total. The minimum Gasteiger partial charge on any atom is -0.274 e. The van der Waals surface area contributed by atoms with Gasteiger partial charge in [0, 0.05) is 13.2 Å². The standard InChI is InChI=1S/C5H4BrClN2O/c1-9-2-3(6)4(8-9)5(7)10/h2H,1H3. The molecule has 0 saturated carbocycles. The number of halogens is 2. The Bertz CT molecular complexity index is 271. The van der Waals surface area contributed by atoms with Gasteiger partial charge in [0.15, 0.2) is 5.69 Å². The first kappa shape index (κ1) is 7.75. The van der Waals surface area contributed by atoms with Crippen molar-refractivity contribution in [2.45, 2.75) is 0 Å². The number of aromatic nitrogens is 2. The topological polar surface area (TPSA) is 34.9 Å². The Kier molecular flexibility index (Phi) is 2.11. The van der Waals surface area contributed by atoms with Gasteiger partial charge in [0.25, 0.3) is 5.24 Å². The van der Waals surface area contributed by atoms with Gasteiger partial charge in [-0.2, -0.15) is 5.10 Å². The van der Waals surface area contributed by atoms with Crippen LogP contribution in [0.25, 0.3) is 0 Å². The molecule has 1 rings (SSSR count). The van der Waals surface area contributed by atoms with Crippen LogP contribution in [0.4, 0.5) is 0 Å². The zero-order chi connectivity index (χ0) is 7.72. The summed E-state index contributed by atoms with van der Waals surface area (Å²) in [5, 5.41) is 3.25. The van der Waals surface area contributed by atoms with E-state index in [9.17, 15) is 4.79 Å². The number of hydrogen-bond acceptors (Lipinski definition) is 2. The SMILES string of the molecule is Cn1cc(Br)c(C(=O)Cl)n1. The highest BCUT2D eigenvalue weighted by Gasteiger charge is 2.10. The summed E-state index contributed by atoms with van der Waals surface area (Å²) in [6, 6.07) is 0. The fourth-order valence-electron chi connectivity index (χ4n) is 0.593. The molecule has 5 heteroatoms. The summed E-state index contributed by atoms with van der Waals surface area (Å²) in [4.78, 5) is 10.5. The molecule has 0 unspecified atom stereocenters. The van der Waals surface area contributed by atoms with Gasteiger partial charge in [-0.05, 0) is 27.5 Å². The number of rotatable bonds is 1. The molecule has 54 valence electrons. The van der Waals surface area contributed by atoms with E-state index < -0.39 is 5.24 Å². The molecule has 1 heterocycles. The fraction of sp³-hybridized carbons (Fsp3) is 0.200. The second-order valence-corrected chi connectivity index (χ2v) is 2.97. The van der Waals surface area contributed by atoms with Crippen molar-refractivity contribution in [3.05, 3.63) is 16.4 Å². The summed E-state index contributed by atoms with van der Waals surface area (Å²) in [6.45, 7) is 0. The van der Waals surface area contributed by atoms with Gasteiger partial charge in [-0.1, -0.05) is 0 Å². The van der Waals surface area contributed by atoms with Gasteiger partial charge in [0.2, 0.25) is 0 Å². The van der Waals surface area contributed by atoms with Crippen molar-refractivity contribution in [2.24, 2.45) is 7.05 Å². The van der Waals surface area contributed by atoms with Crippen LogP contribution in [-0.2, 0) is 7.05 Å². The van der Waals surface area contributed by atoms with Gasteiger partial charge in [0.1, 0.15) is 0 Å². The van der Waals surface area contributed by atoms with E-state index in [-0.39, 0.29) is 5.69 Å². The lowest BCUT2D eigenvalue weighted by Gasteiger charge is -1.83. The molecule has 0 fully saturated rings. The average molecular weight is 223 g/mol. The molecule has 0 aromatic carbocycles. The summed E-state index contributed by atoms with van der Waals surface area (Å²) in [5.41, 5.74) is 0.254. The first-order chi connectivity index (χ1) is 4.61. The van der Waals surface area contributed by atoms with Crippen molar-refractivity contribution in [1.29, 1.82) is 0 Å². The quantitative estimate of drug-likeness (QED) is 0.677. The van der Waals surface area contributed by atoms with Crippen LogP contribution in [0.15, 0.2) is 10.7 Å². The van der Waals surface area contributed by atoms with Gasteiger partial charge < -0.3 is 0 Å². The van der Waals surface area contributed by atoms with Crippen LogP contribution in [0.5, 0.6) is 0 Å². The highest BCUT2D eigenvalue weighted by molar-refractivity contribution is 9.10. The number of nitrogens with zero attached hydrogens (tertiary/aromatic N) is 2. The molecule has 10 heavy (non-hydrogen) atoms. The Hall–Kier alpha value is -0.350. The van der Waals surface area contributed by atoms with E-state index in [1.807, 2.05) is 0 Å². The fourth-order valence-corrected chi connectivity index (χ4v) is 1.40. The van der Waals surface area contributed by atoms with Crippen LogP contribution in [0.1, 0.15) is 10.5 Å². The minimum absolute atomic E-state index is 0.254. The number of aryl methyl sites for hydroxylation is 1. The second kappa shape index (κ2) is 2.72. The van der Waals surface area contributed by atoms with E-state index in [1.165, 1.54) is 4.68 Å². The third-order valence-corrected chi connectivity index (χ3v) is 1.73. The van der Waals surface area contributed by atoms with E-state index in [0.29, 0.717) is 4.47 Å². The number of carbonyl (C=O) groups is 1. The summed E-state index contributed by atoms with van der Waals surface area (Å²) in [5.74, 6) is 0. The zero-order valence-electron chi connectivity index (χ0n) is 5.14. The molecule has 0 aliphatic rings. The Balaban J connectivity index is 3.15. The van der Waals surface area contributed by atoms with Crippen molar-refractivity contribution >= 4 is 32.8 Å². The van der Waals surface area contributed by atoms with Crippen molar-refractivity contribution in [3.63, 3.8) is 0 Å². The lowest BCUT2D eigenvalue weighted by atomic mass is 10.5. The van der Waals surface area contributed by atoms with E-state index >= 15 is 0 Å². The molecule has 0 radical (unpaired) electrons. The first-order valence-corrected chi connectivity index (χ1v) is 3.67. The molecule has 0 amide bonds. The monoisotopic (exact) mass is 222 g/mol. The maximum Gasteiger partial charge on any atom is 0.273 e. The van der Waals surface area contributed by atoms with Crippen molar-refractivity contribution in [2.75, 3.05) is 0 Å². The van der Waals surface area contributed by atoms with E-state index in [0.717, 1.165) is 0 Å². The van der Waals surface area contributed by atoms with Crippen LogP contribution < -0.4 is 0 Å². The molecular weight excluding hydrogens is 219 g/mol. The van der Waals surface area contributed by atoms with E-state index in [4.69, 9.17) is 11.6 Å². The Morgan fingerprint density at radius 2 is 2.50 bits per heavy atom. The molecule has 0 atom stereocenters. The van der Waals surface area contributed by atoms with Gasteiger partial charge in [-0.25, -0.2) is 0 Å². The molecule has 0 saturated heterocycles. The summed E-state index contributed by atoms with van der Waals surface area (Å²) in [7, 11) is 1.72. The smallest absolute Gasteiger partial charge is 0.273 e. The highest BCUT2D eigenvalue weighted by Crippen LogP contribution is 2.15. The molecular formula is C5H4BrClN2O. The van der Waals surface area contributed by atoms with Crippen molar-refractivity contribution in [3.8, 4) is 0 Å². The summed E-state index contributed by atoms with van der Waals surface area (Å²) < 4.78 is 2.13. The molecule has 1 aromatic rings. The Labute approximate surface area is 71.1 Å². The molecule has 0 N–H and O–H groups in total. The van der Waals surface area contributed by atoms with Gasteiger partial charge >= 0.3 is 0 Å². The largest absolute Gasteiger partial charge is 0.274 e. The van der Waals surface area contributed by atoms with Crippen molar-refractivity contribution in [1.82, 2.24) is 9.78 Å². The first-order valence-electron chi connectivity index (χ1n) is 2.50. The van der Waals surface area contributed by atoms with Gasteiger partial charge in [-0.15, -0.1) is 0 Å². The van der Waals surface area contributed by atoms with Crippen LogP contribution >= 0.6 is 27.5 Å². The molecule has 0 aliphatic heterocycles. The number of hydrogen-bond donors (Lipinski definition) is 0. The van der Waals surface area contributed by atoms with Crippen LogP contribution in [0, 0.1) is 0 Å². The van der Waals surface area contributed by atoms with Gasteiger partial charge in [0.05, 0.1) is 4.47 Å². The molecule has 0 bridgehead atoms. The van der Waals surface area contributed by atoms with Crippen molar-refractivity contribution < 1.29 is 4.79 Å². The Morgan fingerprint density at radius 1 is 1.90 bits per heavy atom. The molecule has 0 aliphatic carbocycles. The van der Waals surface area contributed by atoms with Crippen LogP contribution in [0.2, 0.25) is 0 Å². The van der Waals surface area contributed by atoms with Gasteiger partial charge in [-0.3, -0.25) is 9.48 Å². The molecule has 1 aromatic heterocycles. The molecule has 0 spiro atoms. The minimum atomic E-state index is -0.549. The maximum atomic E-state index is 10.5. The highest BCUT2D eigenvalue weighted by atomic mass is 79.9. The predicted octanol–water partition coefficient (Wildman–Crippen LogP) is 1.56. The predicted molar refractivity (Wildman–Crippen MR) is 41.1 cm³/mol. The zero-order valence-corrected chi connectivity index (χ0v) is 7.48.